The molecule has 1 aromatic rings. The number of nitrogens with zero attached hydrogens (tertiary/aromatic N) is 3. The van der Waals surface area contributed by atoms with Crippen molar-refractivity contribution < 1.29 is 0 Å². The Hall–Kier alpha value is -1.09. The molecule has 1 aliphatic heterocycles. The van der Waals surface area contributed by atoms with Gasteiger partial charge in [-0.2, -0.15) is 0 Å². The van der Waals surface area contributed by atoms with Gasteiger partial charge in [0.2, 0.25) is 0 Å². The summed E-state index contributed by atoms with van der Waals surface area (Å²) in [4.78, 5) is 9.89. The van der Waals surface area contributed by atoms with E-state index < -0.39 is 0 Å². The van der Waals surface area contributed by atoms with Gasteiger partial charge in [-0.3, -0.25) is 4.90 Å². The molecule has 3 aliphatic rings. The minimum absolute atomic E-state index is 0.904. The van der Waals surface area contributed by atoms with E-state index in [1.807, 2.05) is 0 Å². The molecule has 3 nitrogen and oxygen atoms in total. The van der Waals surface area contributed by atoms with Crippen molar-refractivity contribution in [3.05, 3.63) is 23.9 Å². The number of fused-ring (bicyclic) bond motifs is 2. The van der Waals surface area contributed by atoms with Crippen molar-refractivity contribution in [3.8, 4) is 0 Å². The Morgan fingerprint density at radius 3 is 2.55 bits per heavy atom. The van der Waals surface area contributed by atoms with Crippen molar-refractivity contribution in [2.75, 3.05) is 31.1 Å². The fourth-order valence-electron chi connectivity index (χ4n) is 4.65. The van der Waals surface area contributed by atoms with E-state index in [1.165, 1.54) is 38.8 Å². The van der Waals surface area contributed by atoms with Crippen molar-refractivity contribution in [1.29, 1.82) is 0 Å². The third kappa shape index (κ3) is 2.22. The largest absolute Gasteiger partial charge is 0.354 e. The number of piperazine rings is 1. The third-order valence-electron chi connectivity index (χ3n) is 5.68. The van der Waals surface area contributed by atoms with E-state index in [0.717, 1.165) is 42.5 Å². The second-order valence-electron chi connectivity index (χ2n) is 6.90. The highest BCUT2D eigenvalue weighted by atomic mass is 15.3. The Kier molecular flexibility index (Phi) is 3.18. The Morgan fingerprint density at radius 1 is 1.05 bits per heavy atom. The first-order valence-electron chi connectivity index (χ1n) is 8.22. The Balaban J connectivity index is 1.38. The van der Waals surface area contributed by atoms with Crippen molar-refractivity contribution >= 4 is 5.82 Å². The van der Waals surface area contributed by atoms with Crippen molar-refractivity contribution in [1.82, 2.24) is 9.88 Å². The topological polar surface area (TPSA) is 19.4 Å². The van der Waals surface area contributed by atoms with Gasteiger partial charge >= 0.3 is 0 Å². The molecule has 3 atom stereocenters. The van der Waals surface area contributed by atoms with Gasteiger partial charge in [-0.25, -0.2) is 4.98 Å². The summed E-state index contributed by atoms with van der Waals surface area (Å²) in [7, 11) is 0. The van der Waals surface area contributed by atoms with Gasteiger partial charge in [-0.15, -0.1) is 0 Å². The molecular weight excluding hydrogens is 246 g/mol. The maximum Gasteiger partial charge on any atom is 0.128 e. The van der Waals surface area contributed by atoms with Gasteiger partial charge < -0.3 is 4.90 Å². The van der Waals surface area contributed by atoms with Crippen LogP contribution in [0.25, 0.3) is 0 Å². The van der Waals surface area contributed by atoms with Gasteiger partial charge in [0.1, 0.15) is 5.82 Å². The van der Waals surface area contributed by atoms with Gasteiger partial charge in [0.05, 0.1) is 0 Å². The normalized spacial score (nSPS) is 33.9. The summed E-state index contributed by atoms with van der Waals surface area (Å²) in [6.07, 6.45) is 6.00. The third-order valence-corrected chi connectivity index (χ3v) is 5.68. The Bertz CT molecular complexity index is 479. The molecule has 2 bridgehead atoms. The predicted molar refractivity (Wildman–Crippen MR) is 82.0 cm³/mol. The molecule has 2 heterocycles. The minimum atomic E-state index is 0.904. The molecule has 3 unspecified atom stereocenters. The fraction of sp³-hybridized carbons (Fsp3) is 0.706. The van der Waals surface area contributed by atoms with Crippen LogP contribution in [-0.2, 0) is 0 Å². The standard InChI is InChI=1S/C17H25N3/c1-13-3-2-4-17(18-13)20-9-7-19(8-10-20)16-12-14-5-6-15(16)11-14/h2-4,14-16H,5-12H2,1H3. The molecule has 0 spiro atoms. The smallest absolute Gasteiger partial charge is 0.128 e. The molecule has 2 saturated carbocycles. The van der Waals surface area contributed by atoms with Crippen LogP contribution in [0.2, 0.25) is 0 Å². The summed E-state index contributed by atoms with van der Waals surface area (Å²) in [6, 6.07) is 7.26. The molecule has 3 fully saturated rings. The van der Waals surface area contributed by atoms with E-state index in [-0.39, 0.29) is 0 Å². The Morgan fingerprint density at radius 2 is 1.90 bits per heavy atom. The molecule has 1 saturated heterocycles. The first-order chi connectivity index (χ1) is 9.79. The molecule has 4 rings (SSSR count). The van der Waals surface area contributed by atoms with Crippen LogP contribution in [0.1, 0.15) is 31.4 Å². The maximum absolute atomic E-state index is 4.66. The first-order valence-corrected chi connectivity index (χ1v) is 8.22. The van der Waals surface area contributed by atoms with E-state index in [1.54, 1.807) is 0 Å². The monoisotopic (exact) mass is 271 g/mol. The molecule has 108 valence electrons. The highest BCUT2D eigenvalue weighted by molar-refractivity contribution is 5.39. The summed E-state index contributed by atoms with van der Waals surface area (Å²) < 4.78 is 0. The molecule has 20 heavy (non-hydrogen) atoms. The summed E-state index contributed by atoms with van der Waals surface area (Å²) in [6.45, 7) is 6.82. The quantitative estimate of drug-likeness (QED) is 0.824. The zero-order valence-corrected chi connectivity index (χ0v) is 12.5. The van der Waals surface area contributed by atoms with Crippen LogP contribution in [-0.4, -0.2) is 42.1 Å². The number of aryl methyl sites for hydroxylation is 1. The van der Waals surface area contributed by atoms with E-state index in [9.17, 15) is 0 Å². The lowest BCUT2D eigenvalue weighted by molar-refractivity contribution is 0.134. The Labute approximate surface area is 122 Å². The molecule has 0 amide bonds. The molecule has 1 aromatic heterocycles. The first kappa shape index (κ1) is 12.6. The molecule has 0 aromatic carbocycles. The maximum atomic E-state index is 4.66. The van der Waals surface area contributed by atoms with Gasteiger partial charge in [0, 0.05) is 37.9 Å². The predicted octanol–water partition coefficient (Wildman–Crippen LogP) is 2.70. The van der Waals surface area contributed by atoms with Crippen molar-refractivity contribution in [2.24, 2.45) is 11.8 Å². The average Bonchev–Trinajstić information content (AvgIpc) is 3.10. The van der Waals surface area contributed by atoms with E-state index >= 15 is 0 Å². The number of rotatable bonds is 2. The van der Waals surface area contributed by atoms with Gasteiger partial charge in [-0.1, -0.05) is 12.5 Å². The number of anilines is 1. The summed E-state index contributed by atoms with van der Waals surface area (Å²) in [5.74, 6) is 3.24. The van der Waals surface area contributed by atoms with Gasteiger partial charge in [0.25, 0.3) is 0 Å². The highest BCUT2D eigenvalue weighted by Gasteiger charge is 2.42. The summed E-state index contributed by atoms with van der Waals surface area (Å²) in [5, 5.41) is 0. The SMILES string of the molecule is Cc1cccc(N2CCN(C3CC4CCC3C4)CC2)n1. The van der Waals surface area contributed by atoms with E-state index in [0.29, 0.717) is 0 Å². The minimum Gasteiger partial charge on any atom is -0.354 e. The van der Waals surface area contributed by atoms with Crippen LogP contribution >= 0.6 is 0 Å². The second-order valence-corrected chi connectivity index (χ2v) is 6.90. The van der Waals surface area contributed by atoms with Crippen LogP contribution in [0.5, 0.6) is 0 Å². The number of hydrogen-bond donors (Lipinski definition) is 0. The molecular formula is C17H25N3. The number of aromatic nitrogens is 1. The number of hydrogen-bond acceptors (Lipinski definition) is 3. The van der Waals surface area contributed by atoms with E-state index in [4.69, 9.17) is 0 Å². The molecule has 3 heteroatoms. The van der Waals surface area contributed by atoms with Crippen LogP contribution in [0, 0.1) is 18.8 Å². The molecule has 0 N–H and O–H groups in total. The van der Waals surface area contributed by atoms with Gasteiger partial charge in [-0.05, 0) is 50.2 Å². The zero-order chi connectivity index (χ0) is 13.5. The van der Waals surface area contributed by atoms with Crippen LogP contribution in [0.15, 0.2) is 18.2 Å². The lowest BCUT2D eigenvalue weighted by atomic mass is 9.93. The molecule has 0 radical (unpaired) electrons. The fourth-order valence-corrected chi connectivity index (χ4v) is 4.65. The van der Waals surface area contributed by atoms with Crippen LogP contribution in [0.4, 0.5) is 5.82 Å². The number of pyridine rings is 1. The highest BCUT2D eigenvalue weighted by Crippen LogP contribution is 2.46. The van der Waals surface area contributed by atoms with Crippen LogP contribution < -0.4 is 4.90 Å². The average molecular weight is 271 g/mol. The second kappa shape index (κ2) is 5.03. The van der Waals surface area contributed by atoms with Gasteiger partial charge in [0.15, 0.2) is 0 Å². The van der Waals surface area contributed by atoms with Crippen LogP contribution in [0.3, 0.4) is 0 Å². The lowest BCUT2D eigenvalue weighted by Crippen LogP contribution is -2.52. The van der Waals surface area contributed by atoms with Crippen molar-refractivity contribution in [2.45, 2.75) is 38.6 Å². The molecule has 2 aliphatic carbocycles. The summed E-state index contributed by atoms with van der Waals surface area (Å²) >= 11 is 0. The van der Waals surface area contributed by atoms with E-state index in [2.05, 4.69) is 39.9 Å². The lowest BCUT2D eigenvalue weighted by Gasteiger charge is -2.41. The van der Waals surface area contributed by atoms with Crippen molar-refractivity contribution in [3.63, 3.8) is 0 Å². The zero-order valence-electron chi connectivity index (χ0n) is 12.5. The summed E-state index contributed by atoms with van der Waals surface area (Å²) in [5.41, 5.74) is 1.12.